The van der Waals surface area contributed by atoms with Crippen LogP contribution in [0.25, 0.3) is 16.9 Å². The highest BCUT2D eigenvalue weighted by Gasteiger charge is 2.17. The highest BCUT2D eigenvalue weighted by molar-refractivity contribution is 5.96. The normalized spacial score (nSPS) is 10.8. The fraction of sp³-hybridized carbons (Fsp3) is 0.150. The summed E-state index contributed by atoms with van der Waals surface area (Å²) in [5.41, 5.74) is 2.31. The molecule has 1 amide bonds. The molecule has 0 aliphatic heterocycles. The molecular formula is C20H17N7O5. The van der Waals surface area contributed by atoms with Crippen LogP contribution in [0.4, 0.5) is 11.4 Å². The summed E-state index contributed by atoms with van der Waals surface area (Å²) >= 11 is 0. The molecule has 0 spiro atoms. The summed E-state index contributed by atoms with van der Waals surface area (Å²) in [5.74, 6) is -0.907. The van der Waals surface area contributed by atoms with Crippen molar-refractivity contribution < 1.29 is 19.2 Å². The van der Waals surface area contributed by atoms with E-state index in [0.29, 0.717) is 17.0 Å². The van der Waals surface area contributed by atoms with Crippen LogP contribution in [0, 0.1) is 10.1 Å². The van der Waals surface area contributed by atoms with Crippen molar-refractivity contribution in [3.05, 3.63) is 70.8 Å². The van der Waals surface area contributed by atoms with Crippen LogP contribution in [0.2, 0.25) is 0 Å². The number of anilines is 1. The second-order valence-corrected chi connectivity index (χ2v) is 6.63. The summed E-state index contributed by atoms with van der Waals surface area (Å²) in [7, 11) is 0. The molecule has 4 rings (SSSR count). The van der Waals surface area contributed by atoms with Crippen molar-refractivity contribution in [1.82, 2.24) is 24.4 Å². The molecule has 12 nitrogen and oxygen atoms in total. The first kappa shape index (κ1) is 20.7. The van der Waals surface area contributed by atoms with Gasteiger partial charge in [-0.05, 0) is 25.1 Å². The van der Waals surface area contributed by atoms with Crippen LogP contribution in [0.3, 0.4) is 0 Å². The van der Waals surface area contributed by atoms with Gasteiger partial charge in [-0.2, -0.15) is 10.2 Å². The Labute approximate surface area is 180 Å². The third-order valence-electron chi connectivity index (χ3n) is 4.47. The highest BCUT2D eigenvalue weighted by Crippen LogP contribution is 2.24. The van der Waals surface area contributed by atoms with Crippen molar-refractivity contribution in [3.8, 4) is 11.3 Å². The van der Waals surface area contributed by atoms with Gasteiger partial charge in [-0.15, -0.1) is 0 Å². The van der Waals surface area contributed by atoms with E-state index in [2.05, 4.69) is 20.5 Å². The number of esters is 1. The van der Waals surface area contributed by atoms with Crippen molar-refractivity contribution in [2.45, 2.75) is 13.5 Å². The Morgan fingerprint density at radius 3 is 2.81 bits per heavy atom. The molecule has 0 saturated carbocycles. The van der Waals surface area contributed by atoms with E-state index in [-0.39, 0.29) is 24.4 Å². The maximum absolute atomic E-state index is 12.3. The van der Waals surface area contributed by atoms with E-state index in [1.54, 1.807) is 37.4 Å². The molecule has 3 aromatic heterocycles. The molecule has 0 aliphatic rings. The Bertz CT molecular complexity index is 1330. The maximum Gasteiger partial charge on any atom is 0.343 e. The Hall–Kier alpha value is -4.61. The van der Waals surface area contributed by atoms with Gasteiger partial charge in [-0.3, -0.25) is 19.6 Å². The lowest BCUT2D eigenvalue weighted by molar-refractivity contribution is -0.385. The molecule has 0 radical (unpaired) electrons. The van der Waals surface area contributed by atoms with Gasteiger partial charge >= 0.3 is 11.7 Å². The predicted octanol–water partition coefficient (Wildman–Crippen LogP) is 2.32. The predicted molar refractivity (Wildman–Crippen MR) is 112 cm³/mol. The minimum atomic E-state index is -0.580. The fourth-order valence-corrected chi connectivity index (χ4v) is 3.10. The number of ether oxygens (including phenoxy) is 1. The van der Waals surface area contributed by atoms with E-state index in [1.807, 2.05) is 6.07 Å². The molecule has 32 heavy (non-hydrogen) atoms. The number of nitrogens with one attached hydrogen (secondary N) is 1. The average molecular weight is 435 g/mol. The Morgan fingerprint density at radius 2 is 2.06 bits per heavy atom. The van der Waals surface area contributed by atoms with E-state index >= 15 is 0 Å². The summed E-state index contributed by atoms with van der Waals surface area (Å²) in [6.45, 7) is 1.78. The molecule has 0 bridgehead atoms. The number of aromatic nitrogens is 5. The smallest absolute Gasteiger partial charge is 0.343 e. The van der Waals surface area contributed by atoms with Crippen LogP contribution >= 0.6 is 0 Å². The number of fused-ring (bicyclic) bond motifs is 1. The topological polar surface area (TPSA) is 147 Å². The molecule has 4 aromatic rings. The summed E-state index contributed by atoms with van der Waals surface area (Å²) in [5, 5.41) is 21.5. The second kappa shape index (κ2) is 8.63. The van der Waals surface area contributed by atoms with E-state index < -0.39 is 16.8 Å². The van der Waals surface area contributed by atoms with E-state index in [4.69, 9.17) is 4.74 Å². The number of carbonyl (C=O) groups is 2. The SMILES string of the molecule is CCOC(=O)c1cnn2c(-c3cccc(NC(=O)Cn4cc([N+](=O)[O-])cn4)c3)ccnc12. The van der Waals surface area contributed by atoms with Crippen LogP contribution in [0.5, 0.6) is 0 Å². The maximum atomic E-state index is 12.3. The number of benzene rings is 1. The zero-order chi connectivity index (χ0) is 22.7. The molecule has 3 heterocycles. The lowest BCUT2D eigenvalue weighted by Crippen LogP contribution is -2.19. The van der Waals surface area contributed by atoms with Gasteiger partial charge in [-0.1, -0.05) is 12.1 Å². The van der Waals surface area contributed by atoms with Crippen molar-refractivity contribution in [2.75, 3.05) is 11.9 Å². The molecule has 0 fully saturated rings. The van der Waals surface area contributed by atoms with Gasteiger partial charge in [0.1, 0.15) is 24.5 Å². The van der Waals surface area contributed by atoms with Crippen LogP contribution in [-0.2, 0) is 16.1 Å². The first-order valence-corrected chi connectivity index (χ1v) is 9.53. The molecule has 1 aromatic carbocycles. The van der Waals surface area contributed by atoms with Gasteiger partial charge in [0.25, 0.3) is 0 Å². The molecule has 162 valence electrons. The number of rotatable bonds is 7. The molecule has 0 saturated heterocycles. The summed E-state index contributed by atoms with van der Waals surface area (Å²) in [6.07, 6.45) is 5.23. The monoisotopic (exact) mass is 435 g/mol. The van der Waals surface area contributed by atoms with E-state index in [9.17, 15) is 19.7 Å². The van der Waals surface area contributed by atoms with Crippen molar-refractivity contribution in [1.29, 1.82) is 0 Å². The third-order valence-corrected chi connectivity index (χ3v) is 4.47. The zero-order valence-electron chi connectivity index (χ0n) is 16.8. The van der Waals surface area contributed by atoms with Crippen LogP contribution < -0.4 is 5.32 Å². The minimum Gasteiger partial charge on any atom is -0.462 e. The van der Waals surface area contributed by atoms with Crippen LogP contribution in [0.15, 0.2) is 55.1 Å². The minimum absolute atomic E-state index is 0.181. The Kier molecular flexibility index (Phi) is 5.57. The van der Waals surface area contributed by atoms with Gasteiger partial charge < -0.3 is 10.1 Å². The first-order chi connectivity index (χ1) is 15.5. The van der Waals surface area contributed by atoms with E-state index in [1.165, 1.54) is 21.6 Å². The molecule has 0 aliphatic carbocycles. The van der Waals surface area contributed by atoms with Crippen LogP contribution in [0.1, 0.15) is 17.3 Å². The number of nitrogens with zero attached hydrogens (tertiary/aromatic N) is 6. The number of hydrogen-bond acceptors (Lipinski definition) is 8. The Morgan fingerprint density at radius 1 is 1.22 bits per heavy atom. The van der Waals surface area contributed by atoms with E-state index in [0.717, 1.165) is 11.8 Å². The molecule has 12 heteroatoms. The van der Waals surface area contributed by atoms with Crippen molar-refractivity contribution >= 4 is 28.9 Å². The average Bonchev–Trinajstić information content (AvgIpc) is 3.41. The van der Waals surface area contributed by atoms with Crippen LogP contribution in [-0.4, -0.2) is 47.8 Å². The lowest BCUT2D eigenvalue weighted by atomic mass is 10.1. The number of carbonyl (C=O) groups excluding carboxylic acids is 2. The fourth-order valence-electron chi connectivity index (χ4n) is 3.10. The first-order valence-electron chi connectivity index (χ1n) is 9.53. The van der Waals surface area contributed by atoms with Gasteiger partial charge in [0.05, 0.1) is 23.4 Å². The van der Waals surface area contributed by atoms with Crippen molar-refractivity contribution in [2.24, 2.45) is 0 Å². The largest absolute Gasteiger partial charge is 0.462 e. The summed E-state index contributed by atoms with van der Waals surface area (Å²) in [6, 6.07) is 8.76. The van der Waals surface area contributed by atoms with Gasteiger partial charge in [0.2, 0.25) is 5.91 Å². The molecule has 0 unspecified atom stereocenters. The van der Waals surface area contributed by atoms with Gasteiger partial charge in [0, 0.05) is 17.4 Å². The standard InChI is InChI=1S/C20H17N7O5/c1-2-32-20(29)16-10-23-26-17(6-7-21-19(16)26)13-4-3-5-14(8-13)24-18(28)12-25-11-15(9-22-25)27(30)31/h3-11H,2,12H2,1H3,(H,24,28). The molecular weight excluding hydrogens is 418 g/mol. The quantitative estimate of drug-likeness (QED) is 0.264. The highest BCUT2D eigenvalue weighted by atomic mass is 16.6. The van der Waals surface area contributed by atoms with Gasteiger partial charge in [-0.25, -0.2) is 14.3 Å². The second-order valence-electron chi connectivity index (χ2n) is 6.63. The number of nitro groups is 1. The summed E-state index contributed by atoms with van der Waals surface area (Å²) < 4.78 is 7.75. The lowest BCUT2D eigenvalue weighted by Gasteiger charge is -2.09. The zero-order valence-corrected chi connectivity index (χ0v) is 16.8. The molecule has 0 atom stereocenters. The third kappa shape index (κ3) is 4.14. The molecule has 1 N–H and O–H groups in total. The summed E-state index contributed by atoms with van der Waals surface area (Å²) in [4.78, 5) is 38.9. The Balaban J connectivity index is 1.56. The number of hydrogen-bond donors (Lipinski definition) is 1. The number of amides is 1. The van der Waals surface area contributed by atoms with Crippen molar-refractivity contribution in [3.63, 3.8) is 0 Å². The van der Waals surface area contributed by atoms with Gasteiger partial charge in [0.15, 0.2) is 5.65 Å².